The second-order valence-corrected chi connectivity index (χ2v) is 10.5. The molecule has 0 spiro atoms. The first kappa shape index (κ1) is 27.2. The van der Waals surface area contributed by atoms with Gasteiger partial charge in [-0.25, -0.2) is 18.4 Å². The Hall–Kier alpha value is -3.38. The summed E-state index contributed by atoms with van der Waals surface area (Å²) in [6.07, 6.45) is 6.79. The van der Waals surface area contributed by atoms with Crippen molar-refractivity contribution in [2.75, 3.05) is 36.7 Å². The number of hydrogen-bond donors (Lipinski definition) is 1. The van der Waals surface area contributed by atoms with Crippen molar-refractivity contribution in [1.82, 2.24) is 9.97 Å². The Labute approximate surface area is 210 Å². The van der Waals surface area contributed by atoms with Crippen molar-refractivity contribution in [3.63, 3.8) is 0 Å². The van der Waals surface area contributed by atoms with Gasteiger partial charge in [0.25, 0.3) is 5.91 Å². The van der Waals surface area contributed by atoms with Crippen LogP contribution in [0.25, 0.3) is 0 Å². The number of nitrogens with zero attached hydrogens (tertiary/aromatic N) is 4. The van der Waals surface area contributed by atoms with Crippen LogP contribution in [0.4, 0.5) is 11.6 Å². The van der Waals surface area contributed by atoms with E-state index >= 15 is 0 Å². The van der Waals surface area contributed by atoms with Gasteiger partial charge in [0.15, 0.2) is 27.2 Å². The smallest absolute Gasteiger partial charge is 0.279 e. The van der Waals surface area contributed by atoms with Crippen molar-refractivity contribution in [1.29, 1.82) is 0 Å². The van der Waals surface area contributed by atoms with E-state index in [4.69, 9.17) is 9.57 Å². The molecule has 0 bridgehead atoms. The number of sulfone groups is 1. The third-order valence-corrected chi connectivity index (χ3v) is 7.57. The number of hydrogen-bond acceptors (Lipinski definition) is 9. The molecule has 194 valence electrons. The largest absolute Gasteiger partial charge is 0.392 e. The fraction of sp³-hybridized carbons (Fsp3) is 0.458. The van der Waals surface area contributed by atoms with Gasteiger partial charge >= 0.3 is 0 Å². The number of amides is 2. The van der Waals surface area contributed by atoms with E-state index in [0.29, 0.717) is 24.4 Å². The lowest BCUT2D eigenvalue weighted by Crippen LogP contribution is -2.26. The molecule has 2 amide bonds. The first-order chi connectivity index (χ1) is 17.2. The lowest BCUT2D eigenvalue weighted by Gasteiger charge is -2.14. The van der Waals surface area contributed by atoms with E-state index in [0.717, 1.165) is 25.7 Å². The van der Waals surface area contributed by atoms with Gasteiger partial charge in [-0.3, -0.25) is 14.5 Å². The minimum atomic E-state index is -3.48. The van der Waals surface area contributed by atoms with E-state index in [9.17, 15) is 18.0 Å². The number of anilines is 2. The molecule has 1 aliphatic rings. The van der Waals surface area contributed by atoms with Crippen LogP contribution in [0.2, 0.25) is 0 Å². The number of carbonyl (C=O) groups excluding carboxylic acids is 2. The topological polar surface area (TPSA) is 140 Å². The summed E-state index contributed by atoms with van der Waals surface area (Å²) < 4.78 is 30.0. The molecule has 12 heteroatoms. The number of rotatable bonds is 11. The number of carbonyl (C=O) groups is 2. The van der Waals surface area contributed by atoms with E-state index in [-0.39, 0.29) is 34.2 Å². The first-order valence-corrected chi connectivity index (χ1v) is 13.3. The molecule has 2 aromatic rings. The summed E-state index contributed by atoms with van der Waals surface area (Å²) in [7, 11) is -0.398. The van der Waals surface area contributed by atoms with E-state index in [1.807, 2.05) is 0 Å². The van der Waals surface area contributed by atoms with Crippen molar-refractivity contribution in [3.05, 3.63) is 42.2 Å². The van der Waals surface area contributed by atoms with Gasteiger partial charge < -0.3 is 14.9 Å². The number of nitrogens with one attached hydrogen (secondary N) is 1. The van der Waals surface area contributed by atoms with Crippen LogP contribution in [-0.4, -0.2) is 68.5 Å². The van der Waals surface area contributed by atoms with E-state index in [1.165, 1.54) is 55.6 Å². The number of oxime groups is 1. The van der Waals surface area contributed by atoms with Gasteiger partial charge in [0.05, 0.1) is 23.0 Å². The fourth-order valence-electron chi connectivity index (χ4n) is 3.57. The highest BCUT2D eigenvalue weighted by Crippen LogP contribution is 2.22. The second kappa shape index (κ2) is 12.5. The highest BCUT2D eigenvalue weighted by Gasteiger charge is 2.22. The maximum absolute atomic E-state index is 13.1. The summed E-state index contributed by atoms with van der Waals surface area (Å²) >= 11 is 0. The van der Waals surface area contributed by atoms with Crippen LogP contribution in [0, 0.1) is 0 Å². The van der Waals surface area contributed by atoms with Gasteiger partial charge in [-0.1, -0.05) is 17.3 Å². The maximum atomic E-state index is 13.1. The van der Waals surface area contributed by atoms with Gasteiger partial charge in [0.1, 0.15) is 6.10 Å². The molecule has 11 nitrogen and oxygen atoms in total. The summed E-state index contributed by atoms with van der Waals surface area (Å²) in [5.74, 6) is -0.345. The molecule has 0 saturated heterocycles. The maximum Gasteiger partial charge on any atom is 0.279 e. The van der Waals surface area contributed by atoms with Crippen LogP contribution in [0.3, 0.4) is 0 Å². The Morgan fingerprint density at radius 3 is 2.42 bits per heavy atom. The van der Waals surface area contributed by atoms with E-state index in [2.05, 4.69) is 20.4 Å². The SMILES string of the molecule is COCCCS(=O)(=O)c1ccc(C(=NOC2CCCC2)C(=O)Nc2cnc(N(C)C(C)=O)cn2)cc1. The van der Waals surface area contributed by atoms with Crippen LogP contribution in [0.5, 0.6) is 0 Å². The van der Waals surface area contributed by atoms with Crippen LogP contribution in [0.15, 0.2) is 46.7 Å². The minimum absolute atomic E-state index is 0.0167. The Kier molecular flexibility index (Phi) is 9.48. The molecule has 1 saturated carbocycles. The molecule has 1 aromatic carbocycles. The molecule has 3 rings (SSSR count). The number of benzene rings is 1. The van der Waals surface area contributed by atoms with Crippen LogP contribution in [-0.2, 0) is 29.0 Å². The summed E-state index contributed by atoms with van der Waals surface area (Å²) in [6.45, 7) is 1.75. The Morgan fingerprint density at radius 2 is 1.83 bits per heavy atom. The van der Waals surface area contributed by atoms with Crippen molar-refractivity contribution in [2.24, 2.45) is 5.16 Å². The van der Waals surface area contributed by atoms with E-state index < -0.39 is 15.7 Å². The summed E-state index contributed by atoms with van der Waals surface area (Å²) in [5, 5.41) is 6.76. The zero-order valence-corrected chi connectivity index (χ0v) is 21.5. The molecule has 1 N–H and O–H groups in total. The third-order valence-electron chi connectivity index (χ3n) is 5.75. The fourth-order valence-corrected chi connectivity index (χ4v) is 4.86. The lowest BCUT2D eigenvalue weighted by atomic mass is 10.1. The van der Waals surface area contributed by atoms with Crippen LogP contribution in [0.1, 0.15) is 44.6 Å². The molecular weight excluding hydrogens is 486 g/mol. The summed E-state index contributed by atoms with van der Waals surface area (Å²) in [5.41, 5.74) is 0.374. The number of methoxy groups -OCH3 is 1. The van der Waals surface area contributed by atoms with Crippen LogP contribution < -0.4 is 10.2 Å². The van der Waals surface area contributed by atoms with Crippen LogP contribution >= 0.6 is 0 Å². The zero-order valence-electron chi connectivity index (χ0n) is 20.6. The predicted molar refractivity (Wildman–Crippen MR) is 135 cm³/mol. The minimum Gasteiger partial charge on any atom is -0.392 e. The first-order valence-electron chi connectivity index (χ1n) is 11.6. The zero-order chi connectivity index (χ0) is 26.1. The van der Waals surface area contributed by atoms with Crippen molar-refractivity contribution < 1.29 is 27.6 Å². The molecule has 0 radical (unpaired) electrons. The van der Waals surface area contributed by atoms with E-state index in [1.54, 1.807) is 7.05 Å². The molecular formula is C24H31N5O6S. The number of ether oxygens (including phenoxy) is 1. The average Bonchev–Trinajstić information content (AvgIpc) is 3.38. The monoisotopic (exact) mass is 517 g/mol. The summed E-state index contributed by atoms with van der Waals surface area (Å²) in [6, 6.07) is 5.94. The molecule has 0 aliphatic heterocycles. The molecule has 0 unspecified atom stereocenters. The molecule has 1 heterocycles. The summed E-state index contributed by atoms with van der Waals surface area (Å²) in [4.78, 5) is 40.0. The second-order valence-electron chi connectivity index (χ2n) is 8.43. The lowest BCUT2D eigenvalue weighted by molar-refractivity contribution is -0.116. The third kappa shape index (κ3) is 7.31. The van der Waals surface area contributed by atoms with Crippen molar-refractivity contribution in [3.8, 4) is 0 Å². The molecule has 0 atom stereocenters. The van der Waals surface area contributed by atoms with Crippen molar-refractivity contribution >= 4 is 39.0 Å². The predicted octanol–water partition coefficient (Wildman–Crippen LogP) is 2.57. The quantitative estimate of drug-likeness (QED) is 0.272. The van der Waals surface area contributed by atoms with Gasteiger partial charge in [0.2, 0.25) is 5.91 Å². The van der Waals surface area contributed by atoms with Gasteiger partial charge in [0, 0.05) is 33.3 Å². The van der Waals surface area contributed by atoms with Crippen molar-refractivity contribution in [2.45, 2.75) is 50.0 Å². The van der Waals surface area contributed by atoms with Gasteiger partial charge in [-0.2, -0.15) is 0 Å². The average molecular weight is 518 g/mol. The van der Waals surface area contributed by atoms with Gasteiger partial charge in [-0.05, 0) is 44.2 Å². The Bertz CT molecular complexity index is 1180. The van der Waals surface area contributed by atoms with Gasteiger partial charge in [-0.15, -0.1) is 0 Å². The normalized spacial score (nSPS) is 14.5. The Morgan fingerprint density at radius 1 is 1.14 bits per heavy atom. The number of aromatic nitrogens is 2. The molecule has 1 aliphatic carbocycles. The molecule has 1 aromatic heterocycles. The highest BCUT2D eigenvalue weighted by atomic mass is 32.2. The standard InChI is InChI=1S/C24H31N5O6S/c1-17(30)29(2)22-16-25-21(15-26-22)27-24(31)23(28-35-19-7-4-5-8-19)18-9-11-20(12-10-18)36(32,33)14-6-13-34-3/h9-12,15-16,19H,4-8,13-14H2,1-3H3,(H,25,27,31). The Balaban J connectivity index is 1.80. The molecule has 36 heavy (non-hydrogen) atoms. The highest BCUT2D eigenvalue weighted by molar-refractivity contribution is 7.91. The molecule has 1 fully saturated rings.